The normalized spacial score (nSPS) is 16.3. The number of ether oxygens (including phenoxy) is 2. The van der Waals surface area contributed by atoms with Gasteiger partial charge in [-0.2, -0.15) is 0 Å². The minimum atomic E-state index is -0.585. The van der Waals surface area contributed by atoms with Crippen molar-refractivity contribution >= 4 is 12.1 Å². The summed E-state index contributed by atoms with van der Waals surface area (Å²) >= 11 is 0. The van der Waals surface area contributed by atoms with Crippen molar-refractivity contribution in [2.45, 2.75) is 39.7 Å². The Morgan fingerprint density at radius 2 is 2.00 bits per heavy atom. The molecule has 0 saturated carbocycles. The summed E-state index contributed by atoms with van der Waals surface area (Å²) in [5.74, 6) is -0.653. The molecule has 1 rings (SSSR count). The zero-order chi connectivity index (χ0) is 14.6. The van der Waals surface area contributed by atoms with E-state index in [2.05, 4.69) is 0 Å². The molecule has 6 heteroatoms. The van der Waals surface area contributed by atoms with Crippen LogP contribution in [-0.2, 0) is 14.3 Å². The third-order valence-corrected chi connectivity index (χ3v) is 2.49. The molecule has 0 atom stereocenters. The zero-order valence-corrected chi connectivity index (χ0v) is 11.9. The molecular formula is C13H21NO5. The molecule has 108 valence electrons. The highest BCUT2D eigenvalue weighted by atomic mass is 16.6. The number of nitrogens with zero attached hydrogens (tertiary/aromatic N) is 1. The highest BCUT2D eigenvalue weighted by molar-refractivity contribution is 5.89. The van der Waals surface area contributed by atoms with Crippen LogP contribution >= 0.6 is 0 Å². The summed E-state index contributed by atoms with van der Waals surface area (Å²) in [6, 6.07) is 0. The Balaban J connectivity index is 2.68. The van der Waals surface area contributed by atoms with E-state index in [1.807, 2.05) is 0 Å². The first kappa shape index (κ1) is 15.3. The van der Waals surface area contributed by atoms with Gasteiger partial charge in [-0.1, -0.05) is 0 Å². The molecule has 0 bridgehead atoms. The molecule has 0 radical (unpaired) electrons. The van der Waals surface area contributed by atoms with E-state index in [1.165, 1.54) is 4.90 Å². The third kappa shape index (κ3) is 4.46. The molecule has 0 spiro atoms. The van der Waals surface area contributed by atoms with Gasteiger partial charge in [-0.05, 0) is 27.7 Å². The van der Waals surface area contributed by atoms with E-state index in [1.54, 1.807) is 27.7 Å². The van der Waals surface area contributed by atoms with Gasteiger partial charge in [0.2, 0.25) is 0 Å². The lowest BCUT2D eigenvalue weighted by Gasteiger charge is -2.30. The number of carbonyl (C=O) groups is 2. The summed E-state index contributed by atoms with van der Waals surface area (Å²) < 4.78 is 10.0. The molecule has 6 nitrogen and oxygen atoms in total. The lowest BCUT2D eigenvalue weighted by molar-refractivity contribution is -0.139. The Kier molecular flexibility index (Phi) is 4.80. The summed E-state index contributed by atoms with van der Waals surface area (Å²) in [6.07, 6.45) is -0.230. The van der Waals surface area contributed by atoms with Crippen LogP contribution in [-0.4, -0.2) is 47.4 Å². The summed E-state index contributed by atoms with van der Waals surface area (Å²) in [5, 5.41) is 9.81. The standard InChI is InChI=1S/C13H21NO5/c1-5-18-11(16)9-6-7-14(8-10(9)15)12(17)19-13(2,3)4/h15H,5-8H2,1-4H3. The first-order chi connectivity index (χ1) is 8.74. The summed E-state index contributed by atoms with van der Waals surface area (Å²) in [7, 11) is 0. The van der Waals surface area contributed by atoms with Gasteiger partial charge < -0.3 is 19.5 Å². The monoisotopic (exact) mass is 271 g/mol. The molecule has 1 aliphatic heterocycles. The Labute approximate surface area is 113 Å². The topological polar surface area (TPSA) is 76.1 Å². The van der Waals surface area contributed by atoms with E-state index in [0.717, 1.165) is 0 Å². The maximum Gasteiger partial charge on any atom is 0.410 e. The molecule has 1 aliphatic rings. The fraction of sp³-hybridized carbons (Fsp3) is 0.692. The van der Waals surface area contributed by atoms with Crippen LogP contribution in [0.2, 0.25) is 0 Å². The smallest absolute Gasteiger partial charge is 0.410 e. The van der Waals surface area contributed by atoms with Gasteiger partial charge in [0.15, 0.2) is 0 Å². The average Bonchev–Trinajstić information content (AvgIpc) is 2.26. The van der Waals surface area contributed by atoms with Crippen LogP contribution in [0.25, 0.3) is 0 Å². The fourth-order valence-electron chi connectivity index (χ4n) is 1.67. The van der Waals surface area contributed by atoms with Crippen LogP contribution < -0.4 is 0 Å². The number of aliphatic hydroxyl groups excluding tert-OH is 1. The number of hydrogen-bond donors (Lipinski definition) is 1. The second-order valence-corrected chi connectivity index (χ2v) is 5.30. The number of carbonyl (C=O) groups excluding carboxylic acids is 2. The molecule has 0 aromatic rings. The molecule has 1 amide bonds. The molecule has 1 N–H and O–H groups in total. The van der Waals surface area contributed by atoms with E-state index in [0.29, 0.717) is 6.54 Å². The van der Waals surface area contributed by atoms with E-state index in [9.17, 15) is 14.7 Å². The number of amides is 1. The van der Waals surface area contributed by atoms with Crippen molar-refractivity contribution in [3.8, 4) is 0 Å². The lowest BCUT2D eigenvalue weighted by atomic mass is 10.1. The van der Waals surface area contributed by atoms with Gasteiger partial charge in [0.1, 0.15) is 11.4 Å². The van der Waals surface area contributed by atoms with Crippen molar-refractivity contribution in [3.05, 3.63) is 11.3 Å². The Morgan fingerprint density at radius 1 is 1.37 bits per heavy atom. The van der Waals surface area contributed by atoms with E-state index >= 15 is 0 Å². The predicted molar refractivity (Wildman–Crippen MR) is 68.7 cm³/mol. The van der Waals surface area contributed by atoms with Gasteiger partial charge in [0.25, 0.3) is 0 Å². The minimum absolute atomic E-state index is 0.0247. The summed E-state index contributed by atoms with van der Waals surface area (Å²) in [6.45, 7) is 7.57. The van der Waals surface area contributed by atoms with Gasteiger partial charge in [-0.15, -0.1) is 0 Å². The van der Waals surface area contributed by atoms with Crippen LogP contribution in [0.3, 0.4) is 0 Å². The number of rotatable bonds is 2. The molecule has 19 heavy (non-hydrogen) atoms. The fourth-order valence-corrected chi connectivity index (χ4v) is 1.67. The Hall–Kier alpha value is -1.72. The number of hydrogen-bond acceptors (Lipinski definition) is 5. The van der Waals surface area contributed by atoms with Crippen LogP contribution in [0.4, 0.5) is 4.79 Å². The maximum atomic E-state index is 11.8. The average molecular weight is 271 g/mol. The summed E-state index contributed by atoms with van der Waals surface area (Å²) in [4.78, 5) is 24.7. The van der Waals surface area contributed by atoms with Crippen LogP contribution in [0, 0.1) is 0 Å². The Bertz CT molecular complexity index is 394. The van der Waals surface area contributed by atoms with Gasteiger partial charge >= 0.3 is 12.1 Å². The van der Waals surface area contributed by atoms with Crippen LogP contribution in [0.5, 0.6) is 0 Å². The predicted octanol–water partition coefficient (Wildman–Crippen LogP) is 2.00. The molecule has 0 aliphatic carbocycles. The molecule has 1 heterocycles. The second kappa shape index (κ2) is 5.95. The molecule has 0 aromatic heterocycles. The molecule has 0 aromatic carbocycles. The largest absolute Gasteiger partial charge is 0.510 e. The lowest BCUT2D eigenvalue weighted by Crippen LogP contribution is -2.41. The van der Waals surface area contributed by atoms with Crippen molar-refractivity contribution in [1.82, 2.24) is 4.90 Å². The second-order valence-electron chi connectivity index (χ2n) is 5.30. The van der Waals surface area contributed by atoms with Gasteiger partial charge in [-0.3, -0.25) is 0 Å². The van der Waals surface area contributed by atoms with Crippen LogP contribution in [0.15, 0.2) is 11.3 Å². The molecule has 0 unspecified atom stereocenters. The van der Waals surface area contributed by atoms with Crippen LogP contribution in [0.1, 0.15) is 34.1 Å². The van der Waals surface area contributed by atoms with Crippen molar-refractivity contribution < 1.29 is 24.2 Å². The van der Waals surface area contributed by atoms with Crippen molar-refractivity contribution in [2.24, 2.45) is 0 Å². The number of aliphatic hydroxyl groups is 1. The van der Waals surface area contributed by atoms with E-state index in [4.69, 9.17) is 9.47 Å². The van der Waals surface area contributed by atoms with E-state index in [-0.39, 0.29) is 30.9 Å². The quantitative estimate of drug-likeness (QED) is 0.777. The summed E-state index contributed by atoms with van der Waals surface area (Å²) in [5.41, 5.74) is -0.348. The van der Waals surface area contributed by atoms with Crippen molar-refractivity contribution in [1.29, 1.82) is 0 Å². The number of esters is 1. The highest BCUT2D eigenvalue weighted by Gasteiger charge is 2.29. The maximum absolute atomic E-state index is 11.8. The van der Waals surface area contributed by atoms with Crippen molar-refractivity contribution in [3.63, 3.8) is 0 Å². The van der Waals surface area contributed by atoms with Crippen molar-refractivity contribution in [2.75, 3.05) is 19.7 Å². The SMILES string of the molecule is CCOC(=O)C1=C(O)CN(C(=O)OC(C)(C)C)CC1. The molecule has 0 saturated heterocycles. The first-order valence-corrected chi connectivity index (χ1v) is 6.30. The first-order valence-electron chi connectivity index (χ1n) is 6.30. The molecular weight excluding hydrogens is 250 g/mol. The molecule has 0 fully saturated rings. The van der Waals surface area contributed by atoms with Gasteiger partial charge in [-0.25, -0.2) is 9.59 Å². The zero-order valence-electron chi connectivity index (χ0n) is 11.9. The van der Waals surface area contributed by atoms with Gasteiger partial charge in [0, 0.05) is 13.0 Å². The van der Waals surface area contributed by atoms with Gasteiger partial charge in [0.05, 0.1) is 18.7 Å². The third-order valence-electron chi connectivity index (χ3n) is 2.49. The Morgan fingerprint density at radius 3 is 2.47 bits per heavy atom. The highest BCUT2D eigenvalue weighted by Crippen LogP contribution is 2.19. The minimum Gasteiger partial charge on any atom is -0.510 e. The van der Waals surface area contributed by atoms with E-state index < -0.39 is 17.7 Å².